The Hall–Kier alpha value is -4.12. The summed E-state index contributed by atoms with van der Waals surface area (Å²) in [5.74, 6) is -0.398. The van der Waals surface area contributed by atoms with Crippen LogP contribution in [0.3, 0.4) is 0 Å². The van der Waals surface area contributed by atoms with Gasteiger partial charge in [-0.05, 0) is 37.6 Å². The highest BCUT2D eigenvalue weighted by Gasteiger charge is 2.21. The number of carbonyl (C=O) groups excluding carboxylic acids is 2. The predicted octanol–water partition coefficient (Wildman–Crippen LogP) is 3.16. The van der Waals surface area contributed by atoms with E-state index in [1.54, 1.807) is 43.3 Å². The van der Waals surface area contributed by atoms with Crippen LogP contribution >= 0.6 is 11.6 Å². The first kappa shape index (κ1) is 23.1. The Kier molecular flexibility index (Phi) is 6.37. The first-order valence-electron chi connectivity index (χ1n) is 10.3. The average Bonchev–Trinajstić information content (AvgIpc) is 3.50. The molecule has 11 nitrogen and oxygen atoms in total. The van der Waals surface area contributed by atoms with Crippen molar-refractivity contribution in [1.82, 2.24) is 29.3 Å². The van der Waals surface area contributed by atoms with E-state index in [1.165, 1.54) is 15.6 Å². The van der Waals surface area contributed by atoms with E-state index in [0.29, 0.717) is 16.5 Å². The number of halogens is 1. The van der Waals surface area contributed by atoms with Crippen molar-refractivity contribution in [2.24, 2.45) is 14.1 Å². The summed E-state index contributed by atoms with van der Waals surface area (Å²) in [6.07, 6.45) is 4.57. The zero-order valence-electron chi connectivity index (χ0n) is 19.0. The second-order valence-corrected chi connectivity index (χ2v) is 8.06. The molecule has 12 heteroatoms. The van der Waals surface area contributed by atoms with Crippen molar-refractivity contribution < 1.29 is 14.3 Å². The van der Waals surface area contributed by atoms with Gasteiger partial charge >= 0.3 is 0 Å². The lowest BCUT2D eigenvalue weighted by molar-refractivity contribution is 0.101. The smallest absolute Gasteiger partial charge is 0.276 e. The molecule has 0 unspecified atom stereocenters. The fraction of sp³-hybridized carbons (Fsp3) is 0.227. The Morgan fingerprint density at radius 3 is 2.44 bits per heavy atom. The molecule has 1 aromatic carbocycles. The van der Waals surface area contributed by atoms with Crippen molar-refractivity contribution in [3.63, 3.8) is 0 Å². The number of ether oxygens (including phenoxy) is 1. The van der Waals surface area contributed by atoms with Crippen LogP contribution in [0.15, 0.2) is 42.9 Å². The molecule has 0 saturated carbocycles. The lowest BCUT2D eigenvalue weighted by Gasteiger charge is -2.09. The van der Waals surface area contributed by atoms with Crippen LogP contribution in [0, 0.1) is 13.8 Å². The molecule has 2 N–H and O–H groups in total. The Bertz CT molecular complexity index is 1370. The van der Waals surface area contributed by atoms with Gasteiger partial charge in [0.25, 0.3) is 11.8 Å². The summed E-state index contributed by atoms with van der Waals surface area (Å²) in [6, 6.07) is 7.01. The predicted molar refractivity (Wildman–Crippen MR) is 126 cm³/mol. The minimum Gasteiger partial charge on any atom is -0.470 e. The number of nitrogens with one attached hydrogen (secondary N) is 2. The van der Waals surface area contributed by atoms with Gasteiger partial charge in [0.2, 0.25) is 0 Å². The maximum absolute atomic E-state index is 12.9. The van der Waals surface area contributed by atoms with Crippen molar-refractivity contribution in [3.8, 4) is 5.75 Å². The van der Waals surface area contributed by atoms with Crippen LogP contribution in [0.25, 0.3) is 0 Å². The first-order valence-corrected chi connectivity index (χ1v) is 10.7. The number of hydrogen-bond donors (Lipinski definition) is 2. The summed E-state index contributed by atoms with van der Waals surface area (Å²) in [5, 5.41) is 18.4. The number of benzene rings is 1. The quantitative estimate of drug-likeness (QED) is 0.417. The highest BCUT2D eigenvalue weighted by atomic mass is 35.5. The van der Waals surface area contributed by atoms with E-state index in [4.69, 9.17) is 16.3 Å². The van der Waals surface area contributed by atoms with E-state index in [0.717, 1.165) is 11.3 Å². The Morgan fingerprint density at radius 2 is 1.71 bits per heavy atom. The largest absolute Gasteiger partial charge is 0.470 e. The number of hydrogen-bond acceptors (Lipinski definition) is 6. The normalized spacial score (nSPS) is 10.9. The molecule has 0 saturated heterocycles. The van der Waals surface area contributed by atoms with Crippen LogP contribution in [0.2, 0.25) is 5.02 Å². The molecule has 0 radical (unpaired) electrons. The van der Waals surface area contributed by atoms with Gasteiger partial charge in [-0.15, -0.1) is 0 Å². The van der Waals surface area contributed by atoms with Crippen LogP contribution in [-0.4, -0.2) is 41.2 Å². The van der Waals surface area contributed by atoms with E-state index in [2.05, 4.69) is 25.9 Å². The molecule has 0 aliphatic rings. The molecule has 0 aliphatic carbocycles. The number of amides is 2. The second-order valence-electron chi connectivity index (χ2n) is 7.65. The Labute approximate surface area is 200 Å². The van der Waals surface area contributed by atoms with E-state index >= 15 is 0 Å². The van der Waals surface area contributed by atoms with Crippen molar-refractivity contribution in [2.75, 3.05) is 10.6 Å². The Balaban J connectivity index is 1.43. The summed E-state index contributed by atoms with van der Waals surface area (Å²) >= 11 is 6.15. The van der Waals surface area contributed by atoms with Crippen LogP contribution in [-0.2, 0) is 20.8 Å². The van der Waals surface area contributed by atoms with Gasteiger partial charge in [0.1, 0.15) is 11.4 Å². The van der Waals surface area contributed by atoms with E-state index in [1.807, 2.05) is 26.0 Å². The highest BCUT2D eigenvalue weighted by Crippen LogP contribution is 2.25. The lowest BCUT2D eigenvalue weighted by Crippen LogP contribution is -2.21. The van der Waals surface area contributed by atoms with Crippen LogP contribution in [0.1, 0.15) is 32.2 Å². The van der Waals surface area contributed by atoms with Crippen molar-refractivity contribution in [2.45, 2.75) is 20.6 Å². The zero-order valence-corrected chi connectivity index (χ0v) is 19.8. The van der Waals surface area contributed by atoms with Gasteiger partial charge < -0.3 is 15.4 Å². The van der Waals surface area contributed by atoms with Crippen molar-refractivity contribution in [3.05, 3.63) is 70.5 Å². The van der Waals surface area contributed by atoms with Gasteiger partial charge in [0, 0.05) is 20.3 Å². The van der Waals surface area contributed by atoms with Crippen LogP contribution in [0.4, 0.5) is 11.4 Å². The third-order valence-electron chi connectivity index (χ3n) is 5.20. The summed E-state index contributed by atoms with van der Waals surface area (Å²) in [5.41, 5.74) is 2.96. The third-order valence-corrected chi connectivity index (χ3v) is 5.51. The molecule has 4 aromatic rings. The maximum Gasteiger partial charge on any atom is 0.276 e. The SMILES string of the molecule is Cc1ccc(Cl)c(OCn2ccc(C(=O)Nc3cnn(C)c3C(=O)Nc3cnn(C)c3C)n2)c1. The number of anilines is 2. The molecular formula is C22H23ClN8O3. The van der Waals surface area contributed by atoms with Gasteiger partial charge in [0.15, 0.2) is 12.4 Å². The summed E-state index contributed by atoms with van der Waals surface area (Å²) < 4.78 is 10.2. The summed E-state index contributed by atoms with van der Waals surface area (Å²) in [6.45, 7) is 3.84. The number of carbonyl (C=O) groups is 2. The summed E-state index contributed by atoms with van der Waals surface area (Å²) in [4.78, 5) is 25.6. The second kappa shape index (κ2) is 9.40. The minimum atomic E-state index is -0.494. The van der Waals surface area contributed by atoms with Crippen LogP contribution in [0.5, 0.6) is 5.75 Å². The first-order chi connectivity index (χ1) is 16.2. The van der Waals surface area contributed by atoms with Crippen molar-refractivity contribution >= 4 is 34.8 Å². The molecule has 176 valence electrons. The molecule has 3 heterocycles. The van der Waals surface area contributed by atoms with Gasteiger partial charge in [0.05, 0.1) is 34.5 Å². The standard InChI is InChI=1S/C22H23ClN8O3/c1-13-5-6-15(23)19(9-13)34-12-31-8-7-16(28-31)21(32)27-18-11-25-30(4)20(18)22(33)26-17-10-24-29(3)14(17)2/h5-11H,12H2,1-4H3,(H,26,33)(H,27,32). The molecule has 0 aliphatic heterocycles. The molecule has 4 rings (SSSR count). The van der Waals surface area contributed by atoms with E-state index < -0.39 is 11.8 Å². The zero-order chi connectivity index (χ0) is 24.4. The summed E-state index contributed by atoms with van der Waals surface area (Å²) in [7, 11) is 3.39. The highest BCUT2D eigenvalue weighted by molar-refractivity contribution is 6.32. The molecule has 0 atom stereocenters. The number of aryl methyl sites for hydroxylation is 3. The molecular weight excluding hydrogens is 460 g/mol. The minimum absolute atomic E-state index is 0.0709. The average molecular weight is 483 g/mol. The van der Waals surface area contributed by atoms with E-state index in [-0.39, 0.29) is 23.8 Å². The topological polar surface area (TPSA) is 121 Å². The molecule has 0 fully saturated rings. The molecule has 34 heavy (non-hydrogen) atoms. The van der Waals surface area contributed by atoms with Gasteiger partial charge in [-0.1, -0.05) is 17.7 Å². The van der Waals surface area contributed by atoms with Gasteiger partial charge in [-0.25, -0.2) is 4.68 Å². The number of rotatable bonds is 7. The fourth-order valence-electron chi connectivity index (χ4n) is 3.20. The molecule has 0 bridgehead atoms. The van der Waals surface area contributed by atoms with Gasteiger partial charge in [-0.3, -0.25) is 19.0 Å². The van der Waals surface area contributed by atoms with E-state index in [9.17, 15) is 9.59 Å². The third kappa shape index (κ3) is 4.79. The van der Waals surface area contributed by atoms with Crippen molar-refractivity contribution in [1.29, 1.82) is 0 Å². The maximum atomic E-state index is 12.9. The molecule has 2 amide bonds. The number of aromatic nitrogens is 6. The molecule has 0 spiro atoms. The number of nitrogens with zero attached hydrogens (tertiary/aromatic N) is 6. The fourth-order valence-corrected chi connectivity index (χ4v) is 3.37. The molecule has 3 aromatic heterocycles. The van der Waals surface area contributed by atoms with Crippen LogP contribution < -0.4 is 15.4 Å². The lowest BCUT2D eigenvalue weighted by atomic mass is 10.2. The Morgan fingerprint density at radius 1 is 1.00 bits per heavy atom. The van der Waals surface area contributed by atoms with Gasteiger partial charge in [-0.2, -0.15) is 15.3 Å². The monoisotopic (exact) mass is 482 g/mol.